The molecule has 0 fully saturated rings. The average Bonchev–Trinajstić information content (AvgIpc) is 2.36. The third-order valence-electron chi connectivity index (χ3n) is 2.84. The van der Waals surface area contributed by atoms with Crippen molar-refractivity contribution < 1.29 is 13.9 Å². The summed E-state index contributed by atoms with van der Waals surface area (Å²) in [7, 11) is 1.61. The lowest BCUT2D eigenvalue weighted by Gasteiger charge is -2.24. The molecule has 1 aromatic carbocycles. The Morgan fingerprint density at radius 1 is 1.42 bits per heavy atom. The van der Waals surface area contributed by atoms with E-state index in [1.807, 2.05) is 0 Å². The molecule has 0 aromatic heterocycles. The van der Waals surface area contributed by atoms with E-state index in [1.54, 1.807) is 25.0 Å². The van der Waals surface area contributed by atoms with Gasteiger partial charge in [-0.3, -0.25) is 4.79 Å². The maximum atomic E-state index is 13.2. The number of carbonyl (C=O) groups excluding carboxylic acids is 1. The number of benzene rings is 1. The molecule has 0 saturated heterocycles. The van der Waals surface area contributed by atoms with Crippen molar-refractivity contribution in [2.45, 2.75) is 20.8 Å². The molecule has 0 saturated carbocycles. The second kappa shape index (κ2) is 7.24. The second-order valence-electron chi connectivity index (χ2n) is 5.10. The molecule has 1 aromatic rings. The van der Waals surface area contributed by atoms with Gasteiger partial charge in [0.2, 0.25) is 0 Å². The molecule has 3 nitrogen and oxygen atoms in total. The largest absolute Gasteiger partial charge is 0.383 e. The van der Waals surface area contributed by atoms with Crippen LogP contribution in [0, 0.1) is 18.7 Å². The third kappa shape index (κ3) is 4.63. The van der Waals surface area contributed by atoms with Gasteiger partial charge in [-0.15, -0.1) is 0 Å². The number of methoxy groups -OCH3 is 1. The summed E-state index contributed by atoms with van der Waals surface area (Å²) in [6.07, 6.45) is 0. The van der Waals surface area contributed by atoms with Crippen LogP contribution < -0.4 is 0 Å². The minimum atomic E-state index is -0.288. The predicted molar refractivity (Wildman–Crippen MR) is 73.8 cm³/mol. The molecule has 19 heavy (non-hydrogen) atoms. The Morgan fingerprint density at radius 3 is 2.63 bits per heavy atom. The molecule has 0 bridgehead atoms. The van der Waals surface area contributed by atoms with Crippen molar-refractivity contribution >= 4 is 5.91 Å². The van der Waals surface area contributed by atoms with Crippen LogP contribution in [-0.4, -0.2) is 37.6 Å². The first-order valence-corrected chi connectivity index (χ1v) is 6.50. The van der Waals surface area contributed by atoms with E-state index in [0.717, 1.165) is 0 Å². The van der Waals surface area contributed by atoms with Crippen LogP contribution in [0.5, 0.6) is 0 Å². The summed E-state index contributed by atoms with van der Waals surface area (Å²) in [5.74, 6) is 0.0139. The van der Waals surface area contributed by atoms with Crippen LogP contribution in [0.4, 0.5) is 4.39 Å². The lowest BCUT2D eigenvalue weighted by atomic mass is 10.1. The Balaban J connectivity index is 2.87. The smallest absolute Gasteiger partial charge is 0.253 e. The molecule has 106 valence electrons. The zero-order valence-electron chi connectivity index (χ0n) is 12.1. The lowest BCUT2D eigenvalue weighted by Crippen LogP contribution is -2.36. The summed E-state index contributed by atoms with van der Waals surface area (Å²) in [6.45, 7) is 7.49. The zero-order chi connectivity index (χ0) is 14.4. The van der Waals surface area contributed by atoms with Gasteiger partial charge in [-0.1, -0.05) is 13.8 Å². The van der Waals surface area contributed by atoms with Gasteiger partial charge in [0.05, 0.1) is 6.61 Å². The number of nitrogens with zero attached hydrogens (tertiary/aromatic N) is 1. The number of hydrogen-bond donors (Lipinski definition) is 0. The normalized spacial score (nSPS) is 10.8. The number of rotatable bonds is 6. The first-order chi connectivity index (χ1) is 8.95. The average molecular weight is 267 g/mol. The fraction of sp³-hybridized carbons (Fsp3) is 0.533. The Labute approximate surface area is 114 Å². The maximum Gasteiger partial charge on any atom is 0.253 e. The molecular formula is C15H22FNO2. The summed E-state index contributed by atoms with van der Waals surface area (Å²) < 4.78 is 18.3. The molecule has 0 aliphatic heterocycles. The van der Waals surface area contributed by atoms with E-state index in [9.17, 15) is 9.18 Å². The van der Waals surface area contributed by atoms with Crippen molar-refractivity contribution in [3.8, 4) is 0 Å². The summed E-state index contributed by atoms with van der Waals surface area (Å²) in [5, 5.41) is 0. The van der Waals surface area contributed by atoms with Gasteiger partial charge >= 0.3 is 0 Å². The summed E-state index contributed by atoms with van der Waals surface area (Å²) >= 11 is 0. The minimum Gasteiger partial charge on any atom is -0.383 e. The van der Waals surface area contributed by atoms with E-state index in [4.69, 9.17) is 4.74 Å². The number of hydrogen-bond acceptors (Lipinski definition) is 2. The molecular weight excluding hydrogens is 245 g/mol. The van der Waals surface area contributed by atoms with Crippen molar-refractivity contribution in [2.75, 3.05) is 26.8 Å². The van der Waals surface area contributed by atoms with Crippen LogP contribution in [0.2, 0.25) is 0 Å². The van der Waals surface area contributed by atoms with Gasteiger partial charge in [-0.2, -0.15) is 0 Å². The Bertz CT molecular complexity index is 432. The molecule has 0 unspecified atom stereocenters. The predicted octanol–water partition coefficient (Wildman–Crippen LogP) is 2.88. The van der Waals surface area contributed by atoms with E-state index in [-0.39, 0.29) is 11.7 Å². The van der Waals surface area contributed by atoms with Crippen LogP contribution >= 0.6 is 0 Å². The maximum absolute atomic E-state index is 13.2. The molecule has 0 aliphatic carbocycles. The molecule has 1 rings (SSSR count). The highest BCUT2D eigenvalue weighted by atomic mass is 19.1. The highest BCUT2D eigenvalue weighted by molar-refractivity contribution is 5.94. The number of carbonyl (C=O) groups is 1. The highest BCUT2D eigenvalue weighted by Crippen LogP contribution is 2.12. The molecule has 1 amide bonds. The molecule has 0 N–H and O–H groups in total. The summed E-state index contributed by atoms with van der Waals surface area (Å²) in [4.78, 5) is 14.1. The van der Waals surface area contributed by atoms with Gasteiger partial charge in [0.1, 0.15) is 5.82 Å². The van der Waals surface area contributed by atoms with Gasteiger partial charge < -0.3 is 9.64 Å². The minimum absolute atomic E-state index is 0.0751. The Kier molecular flexibility index (Phi) is 5.96. The van der Waals surface area contributed by atoms with Crippen molar-refractivity contribution in [1.29, 1.82) is 0 Å². The number of halogens is 1. The van der Waals surface area contributed by atoms with Crippen molar-refractivity contribution in [1.82, 2.24) is 4.90 Å². The highest BCUT2D eigenvalue weighted by Gasteiger charge is 2.17. The molecule has 0 radical (unpaired) electrons. The molecule has 0 atom stereocenters. The fourth-order valence-electron chi connectivity index (χ4n) is 1.88. The van der Waals surface area contributed by atoms with Crippen LogP contribution in [0.1, 0.15) is 29.8 Å². The third-order valence-corrected chi connectivity index (χ3v) is 2.84. The summed E-state index contributed by atoms with van der Waals surface area (Å²) in [6, 6.07) is 4.47. The Hall–Kier alpha value is -1.42. The molecule has 0 heterocycles. The zero-order valence-corrected chi connectivity index (χ0v) is 12.1. The van der Waals surface area contributed by atoms with Gasteiger partial charge in [0, 0.05) is 25.8 Å². The van der Waals surface area contributed by atoms with E-state index < -0.39 is 0 Å². The van der Waals surface area contributed by atoms with Crippen molar-refractivity contribution in [3.63, 3.8) is 0 Å². The molecule has 0 aliphatic rings. The van der Waals surface area contributed by atoms with Crippen LogP contribution in [0.15, 0.2) is 18.2 Å². The molecule has 0 spiro atoms. The SMILES string of the molecule is COCCN(CC(C)C)C(=O)c1ccc(F)c(C)c1. The van der Waals surface area contributed by atoms with E-state index in [2.05, 4.69) is 13.8 Å². The van der Waals surface area contributed by atoms with Crippen LogP contribution in [0.3, 0.4) is 0 Å². The second-order valence-corrected chi connectivity index (χ2v) is 5.10. The quantitative estimate of drug-likeness (QED) is 0.793. The van der Waals surface area contributed by atoms with Gasteiger partial charge in [0.25, 0.3) is 5.91 Å². The number of aryl methyl sites for hydroxylation is 1. The van der Waals surface area contributed by atoms with Crippen LogP contribution in [0.25, 0.3) is 0 Å². The van der Waals surface area contributed by atoms with Gasteiger partial charge in [0.15, 0.2) is 0 Å². The monoisotopic (exact) mass is 267 g/mol. The van der Waals surface area contributed by atoms with Crippen molar-refractivity contribution in [3.05, 3.63) is 35.1 Å². The van der Waals surface area contributed by atoms with Gasteiger partial charge in [-0.05, 0) is 36.6 Å². The van der Waals surface area contributed by atoms with Crippen molar-refractivity contribution in [2.24, 2.45) is 5.92 Å². The van der Waals surface area contributed by atoms with E-state index >= 15 is 0 Å². The molecule has 4 heteroatoms. The lowest BCUT2D eigenvalue weighted by molar-refractivity contribution is 0.0672. The summed E-state index contributed by atoms with van der Waals surface area (Å²) in [5.41, 5.74) is 1.01. The first-order valence-electron chi connectivity index (χ1n) is 6.50. The standard InChI is InChI=1S/C15H22FNO2/c1-11(2)10-17(7-8-19-4)15(18)13-5-6-14(16)12(3)9-13/h5-6,9,11H,7-8,10H2,1-4H3. The first kappa shape index (κ1) is 15.6. The topological polar surface area (TPSA) is 29.5 Å². The van der Waals surface area contributed by atoms with E-state index in [1.165, 1.54) is 12.1 Å². The van der Waals surface area contributed by atoms with Crippen LogP contribution in [-0.2, 0) is 4.74 Å². The number of amides is 1. The van der Waals surface area contributed by atoms with Gasteiger partial charge in [-0.25, -0.2) is 4.39 Å². The van der Waals surface area contributed by atoms with E-state index in [0.29, 0.717) is 36.7 Å². The fourth-order valence-corrected chi connectivity index (χ4v) is 1.88. The Morgan fingerprint density at radius 2 is 2.11 bits per heavy atom. The number of ether oxygens (including phenoxy) is 1.